The fraction of sp³-hybridized carbons (Fsp3) is 0. The molecule has 0 aliphatic carbocycles. The summed E-state index contributed by atoms with van der Waals surface area (Å²) in [5.74, 6) is 0. The van der Waals surface area contributed by atoms with Crippen LogP contribution in [-0.4, -0.2) is 8.97 Å². The molecule has 340 valence electrons. The van der Waals surface area contributed by atoms with Gasteiger partial charge in [-0.3, -0.25) is 0 Å². The lowest BCUT2D eigenvalue weighted by molar-refractivity contribution is 0.669. The molecule has 4 heteroatoms. The van der Waals surface area contributed by atoms with Crippen LogP contribution in [0, 0.1) is 0 Å². The molecule has 74 heavy (non-hydrogen) atoms. The number of hydrogen-bond acceptors (Lipinski definition) is 2. The molecule has 0 amide bonds. The van der Waals surface area contributed by atoms with E-state index in [1.54, 1.807) is 0 Å². The average molecular weight is 939 g/mol. The minimum absolute atomic E-state index is 0.903. The van der Waals surface area contributed by atoms with E-state index in [0.29, 0.717) is 0 Å². The molecule has 5 heterocycles. The first-order valence-corrected chi connectivity index (χ1v) is 25.4. The average Bonchev–Trinajstić information content (AvgIpc) is 4.35. The summed E-state index contributed by atoms with van der Waals surface area (Å²) >= 11 is 0. The zero-order valence-corrected chi connectivity index (χ0v) is 39.7. The topological polar surface area (TPSA) is 35.6 Å². The van der Waals surface area contributed by atoms with Crippen LogP contribution in [0.4, 0.5) is 0 Å². The molecule has 0 radical (unpaired) electrons. The van der Waals surface area contributed by atoms with Crippen LogP contribution in [0.25, 0.3) is 175 Å². The van der Waals surface area contributed by atoms with Crippen molar-refractivity contribution in [3.63, 3.8) is 0 Å². The van der Waals surface area contributed by atoms with Crippen LogP contribution < -0.4 is 0 Å². The van der Waals surface area contributed by atoms with Gasteiger partial charge in [-0.15, -0.1) is 0 Å². The second-order valence-corrected chi connectivity index (χ2v) is 20.4. The van der Waals surface area contributed by atoms with Gasteiger partial charge in [-0.05, 0) is 175 Å². The third-order valence-corrected chi connectivity index (χ3v) is 16.5. The monoisotopic (exact) mass is 938 g/mol. The van der Waals surface area contributed by atoms with Crippen LogP contribution in [0.2, 0.25) is 0 Å². The molecule has 0 aliphatic rings. The zero-order valence-electron chi connectivity index (χ0n) is 39.7. The van der Waals surface area contributed by atoms with Gasteiger partial charge in [0.05, 0.1) is 27.6 Å². The number of nitrogens with zero attached hydrogens (tertiary/aromatic N) is 2. The van der Waals surface area contributed by atoms with Crippen molar-refractivity contribution in [2.75, 3.05) is 0 Å². The van der Waals surface area contributed by atoms with Crippen LogP contribution >= 0.6 is 0 Å². The molecule has 0 N–H and O–H groups in total. The Morgan fingerprint density at radius 1 is 0.243 bits per heavy atom. The highest BCUT2D eigenvalue weighted by molar-refractivity contribution is 6.37. The van der Waals surface area contributed by atoms with Crippen molar-refractivity contribution >= 4 is 147 Å². The first-order chi connectivity index (χ1) is 36.6. The van der Waals surface area contributed by atoms with Gasteiger partial charge in [0.15, 0.2) is 0 Å². The van der Waals surface area contributed by atoms with Gasteiger partial charge in [0.2, 0.25) is 0 Å². The number of aromatic nitrogens is 2. The third-order valence-electron chi connectivity index (χ3n) is 16.5. The van der Waals surface area contributed by atoms with E-state index in [9.17, 15) is 0 Å². The minimum Gasteiger partial charge on any atom is -0.456 e. The summed E-state index contributed by atoms with van der Waals surface area (Å²) in [6, 6.07) is 85.1. The van der Waals surface area contributed by atoms with E-state index < -0.39 is 0 Å². The SMILES string of the molecule is c1ccc(-n2c3ccccc3c3c4c5cc6ccc(-c7ccc8oc9cc%10ccccc%10cc9c8c7)cc6cc5n5c6cc7cc(-c8ccc9oc%10cc%11ccccc%11cc%10c9c8)ccc7cc6c(cc32)c45)cc1. The second kappa shape index (κ2) is 13.9. The molecule has 0 bridgehead atoms. The van der Waals surface area contributed by atoms with Gasteiger partial charge in [0.1, 0.15) is 22.3 Å². The molecule has 0 saturated heterocycles. The first-order valence-electron chi connectivity index (χ1n) is 25.4. The van der Waals surface area contributed by atoms with Crippen molar-refractivity contribution in [1.29, 1.82) is 0 Å². The largest absolute Gasteiger partial charge is 0.456 e. The lowest BCUT2D eigenvalue weighted by Gasteiger charge is -2.09. The van der Waals surface area contributed by atoms with Crippen LogP contribution in [-0.2, 0) is 0 Å². The Bertz CT molecular complexity index is 5490. The van der Waals surface area contributed by atoms with E-state index in [-0.39, 0.29) is 0 Å². The van der Waals surface area contributed by atoms with E-state index >= 15 is 0 Å². The standard InChI is InChI=1S/C70H38N2O2/c1-2-14-51(15-3-1)71-60-17-9-8-16-52(60)68-63(71)38-58-53-28-47-20-18-43(45-22-24-64-54(31-45)56-29-39-10-4-6-12-41(39)36-66(56)73-64)26-49(47)34-61(53)72-62-35-50-27-44(19-21-48(50)33-59(62)69(68)70(58)72)46-23-25-65-55(32-46)57-30-40-11-5-7-13-42(40)37-67(57)74-65/h1-38H. The Balaban J connectivity index is 0.887. The maximum atomic E-state index is 6.43. The first kappa shape index (κ1) is 38.8. The summed E-state index contributed by atoms with van der Waals surface area (Å²) in [6.45, 7) is 0. The van der Waals surface area contributed by atoms with Gasteiger partial charge in [-0.2, -0.15) is 0 Å². The highest BCUT2D eigenvalue weighted by atomic mass is 16.3. The number of hydrogen-bond donors (Lipinski definition) is 0. The van der Waals surface area contributed by atoms with Gasteiger partial charge in [0.25, 0.3) is 0 Å². The molecule has 18 rings (SSSR count). The van der Waals surface area contributed by atoms with Gasteiger partial charge in [-0.1, -0.05) is 121 Å². The minimum atomic E-state index is 0.903. The Morgan fingerprint density at radius 2 is 0.716 bits per heavy atom. The predicted molar refractivity (Wildman–Crippen MR) is 311 cm³/mol. The van der Waals surface area contributed by atoms with Gasteiger partial charge in [0, 0.05) is 59.5 Å². The molecule has 0 unspecified atom stereocenters. The quantitative estimate of drug-likeness (QED) is 0.177. The summed E-state index contributed by atoms with van der Waals surface area (Å²) in [4.78, 5) is 0. The van der Waals surface area contributed by atoms with Crippen molar-refractivity contribution < 1.29 is 8.83 Å². The normalized spacial score (nSPS) is 12.6. The van der Waals surface area contributed by atoms with Crippen molar-refractivity contribution in [2.45, 2.75) is 0 Å². The molecule has 0 fully saturated rings. The second-order valence-electron chi connectivity index (χ2n) is 20.4. The molecule has 0 atom stereocenters. The lowest BCUT2D eigenvalue weighted by atomic mass is 9.96. The van der Waals surface area contributed by atoms with Crippen molar-refractivity contribution in [3.8, 4) is 27.9 Å². The smallest absolute Gasteiger partial charge is 0.136 e. The molecule has 0 saturated carbocycles. The number of para-hydroxylation sites is 2. The Morgan fingerprint density at radius 3 is 1.34 bits per heavy atom. The van der Waals surface area contributed by atoms with Gasteiger partial charge < -0.3 is 17.8 Å². The Labute approximate surface area is 421 Å². The summed E-state index contributed by atoms with van der Waals surface area (Å²) in [6.07, 6.45) is 0. The molecule has 0 aliphatic heterocycles. The number of rotatable bonds is 3. The van der Waals surface area contributed by atoms with Crippen molar-refractivity contribution in [3.05, 3.63) is 231 Å². The van der Waals surface area contributed by atoms with Crippen LogP contribution in [0.5, 0.6) is 0 Å². The number of fused-ring (bicyclic) bond motifs is 20. The predicted octanol–water partition coefficient (Wildman–Crippen LogP) is 19.7. The van der Waals surface area contributed by atoms with Gasteiger partial charge >= 0.3 is 0 Å². The number of benzene rings is 13. The molecule has 5 aromatic heterocycles. The van der Waals surface area contributed by atoms with E-state index in [1.807, 2.05) is 0 Å². The third kappa shape index (κ3) is 5.20. The van der Waals surface area contributed by atoms with E-state index in [4.69, 9.17) is 8.83 Å². The zero-order chi connectivity index (χ0) is 47.9. The highest BCUT2D eigenvalue weighted by Gasteiger charge is 2.25. The van der Waals surface area contributed by atoms with Crippen LogP contribution in [0.15, 0.2) is 239 Å². The summed E-state index contributed by atoms with van der Waals surface area (Å²) in [7, 11) is 0. The lowest BCUT2D eigenvalue weighted by Crippen LogP contribution is -1.92. The summed E-state index contributed by atoms with van der Waals surface area (Å²) < 4.78 is 17.9. The number of furan rings is 2. The molecule has 18 aromatic rings. The van der Waals surface area contributed by atoms with E-state index in [2.05, 4.69) is 239 Å². The van der Waals surface area contributed by atoms with Crippen LogP contribution in [0.3, 0.4) is 0 Å². The maximum absolute atomic E-state index is 6.43. The van der Waals surface area contributed by atoms with Gasteiger partial charge in [-0.25, -0.2) is 0 Å². The summed E-state index contributed by atoms with van der Waals surface area (Å²) in [5, 5.41) is 21.8. The maximum Gasteiger partial charge on any atom is 0.136 e. The molecule has 13 aromatic carbocycles. The summed E-state index contributed by atoms with van der Waals surface area (Å²) in [5.41, 5.74) is 15.6. The van der Waals surface area contributed by atoms with Crippen molar-refractivity contribution in [1.82, 2.24) is 8.97 Å². The van der Waals surface area contributed by atoms with E-state index in [1.165, 1.54) is 125 Å². The highest BCUT2D eigenvalue weighted by Crippen LogP contribution is 2.49. The molecule has 0 spiro atoms. The fourth-order valence-electron chi connectivity index (χ4n) is 13.0. The molecule has 4 nitrogen and oxygen atoms in total. The van der Waals surface area contributed by atoms with E-state index in [0.717, 1.165) is 49.6 Å². The fourth-order valence-corrected chi connectivity index (χ4v) is 13.0. The molecular weight excluding hydrogens is 901 g/mol. The Kier molecular flexibility index (Phi) is 7.31. The van der Waals surface area contributed by atoms with Crippen LogP contribution in [0.1, 0.15) is 0 Å². The molecular formula is C70H38N2O2. The Hall–Kier alpha value is -9.90. The van der Waals surface area contributed by atoms with Crippen molar-refractivity contribution in [2.24, 2.45) is 0 Å².